The Hall–Kier alpha value is -0.0905. The van der Waals surface area contributed by atoms with Crippen LogP contribution in [0.25, 0.3) is 0 Å². The molecule has 21 heavy (non-hydrogen) atoms. The van der Waals surface area contributed by atoms with E-state index in [1.165, 1.54) is 13.0 Å². The quantitative estimate of drug-likeness (QED) is 0.570. The summed E-state index contributed by atoms with van der Waals surface area (Å²) in [5, 5.41) is 1.72. The third-order valence-corrected chi connectivity index (χ3v) is 3.26. The van der Waals surface area contributed by atoms with Gasteiger partial charge >= 0.3 is 23.0 Å². The van der Waals surface area contributed by atoms with Crippen molar-refractivity contribution in [1.29, 1.82) is 0 Å². The number of hydrogen-bond donors (Lipinski definition) is 0. The van der Waals surface area contributed by atoms with E-state index in [0.717, 1.165) is 0 Å². The molecule has 0 aromatic heterocycles. The molecule has 10 radical (unpaired) electrons. The summed E-state index contributed by atoms with van der Waals surface area (Å²) in [6.45, 7) is 0. The predicted octanol–water partition coefficient (Wildman–Crippen LogP) is 1.59. The van der Waals surface area contributed by atoms with Crippen molar-refractivity contribution in [2.24, 2.45) is 0 Å². The van der Waals surface area contributed by atoms with Crippen LogP contribution in [0.1, 0.15) is 6.42 Å². The first kappa shape index (κ1) is 19.0. The Morgan fingerprint density at radius 2 is 1.67 bits per heavy atom. The van der Waals surface area contributed by atoms with Crippen molar-refractivity contribution in [3.05, 3.63) is 63.7 Å². The molecule has 4 nitrogen and oxygen atoms in total. The molecule has 1 aliphatic heterocycles. The Bertz CT molecular complexity index is 296. The number of carbonyl (C=O) groups is 1. The average Bonchev–Trinajstić information content (AvgIpc) is 3.20. The van der Waals surface area contributed by atoms with Crippen LogP contribution in [0, 0.1) is 63.7 Å². The van der Waals surface area contributed by atoms with Crippen LogP contribution in [0.15, 0.2) is 0 Å². The van der Waals surface area contributed by atoms with Gasteiger partial charge in [0.25, 0.3) is 0 Å². The largest absolute Gasteiger partial charge is 2.00 e. The van der Waals surface area contributed by atoms with Gasteiger partial charge in [-0.05, 0) is 57.8 Å². The molecule has 0 unspecified atom stereocenters. The van der Waals surface area contributed by atoms with Gasteiger partial charge in [0, 0.05) is 25.4 Å². The van der Waals surface area contributed by atoms with Crippen LogP contribution in [-0.4, -0.2) is 37.3 Å². The maximum absolute atomic E-state index is 11.3. The summed E-state index contributed by atoms with van der Waals surface area (Å²) in [6, 6.07) is 0.143. The summed E-state index contributed by atoms with van der Waals surface area (Å²) in [6.07, 6.45) is 18.2. The van der Waals surface area contributed by atoms with Crippen molar-refractivity contribution in [1.82, 2.24) is 5.06 Å². The van der Waals surface area contributed by atoms with Crippen LogP contribution >= 0.6 is 0 Å². The van der Waals surface area contributed by atoms with E-state index in [4.69, 9.17) is 4.84 Å². The topological polar surface area (TPSA) is 38.8 Å². The van der Waals surface area contributed by atoms with Crippen molar-refractivity contribution in [3.63, 3.8) is 0 Å². The molecule has 3 aliphatic rings. The average molecular weight is 329 g/mol. The first-order valence-electron chi connectivity index (χ1n) is 6.58. The number of carbonyl (C=O) groups excluding carboxylic acids is 1. The molecule has 3 rings (SSSR count). The van der Waals surface area contributed by atoms with Crippen LogP contribution in [-0.2, 0) is 31.4 Å². The number of esters is 1. The van der Waals surface area contributed by atoms with Crippen molar-refractivity contribution in [2.75, 3.05) is 14.2 Å². The van der Waals surface area contributed by atoms with Crippen molar-refractivity contribution in [3.8, 4) is 0 Å². The third-order valence-electron chi connectivity index (χ3n) is 3.26. The van der Waals surface area contributed by atoms with Gasteiger partial charge in [-0.1, -0.05) is 0 Å². The molecule has 2 saturated carbocycles. The third kappa shape index (κ3) is 5.55. The van der Waals surface area contributed by atoms with Crippen LogP contribution < -0.4 is 0 Å². The zero-order chi connectivity index (χ0) is 14.4. The molecular weight excluding hydrogens is 310 g/mol. The molecule has 1 heterocycles. The molecule has 0 spiro atoms. The van der Waals surface area contributed by atoms with Crippen LogP contribution in [0.5, 0.6) is 0 Å². The van der Waals surface area contributed by atoms with Crippen LogP contribution in [0.3, 0.4) is 0 Å². The number of methoxy groups -OCH3 is 1. The van der Waals surface area contributed by atoms with Gasteiger partial charge in [0.2, 0.25) is 0 Å². The molecule has 0 N–H and O–H groups in total. The molecule has 0 bridgehead atoms. The Kier molecular flexibility index (Phi) is 8.87. The minimum atomic E-state index is -0.472. The molecular formula is C16H19FeNO3+2. The van der Waals surface area contributed by atoms with Gasteiger partial charge in [0.05, 0.1) is 7.11 Å². The molecule has 3 fully saturated rings. The first-order valence-corrected chi connectivity index (χ1v) is 6.58. The number of hydrogen-bond acceptors (Lipinski definition) is 4. The van der Waals surface area contributed by atoms with Gasteiger partial charge in [-0.2, -0.15) is 5.06 Å². The van der Waals surface area contributed by atoms with Gasteiger partial charge in [0.1, 0.15) is 0 Å². The molecule has 0 aromatic carbocycles. The van der Waals surface area contributed by atoms with Crippen molar-refractivity contribution in [2.45, 2.75) is 18.6 Å². The minimum Gasteiger partial charge on any atom is -0.467 e. The van der Waals surface area contributed by atoms with E-state index < -0.39 is 6.10 Å². The number of hydroxylamine groups is 2. The smallest absolute Gasteiger partial charge is 0.467 e. The predicted molar refractivity (Wildman–Crippen MR) is 75.0 cm³/mol. The molecule has 0 aromatic rings. The van der Waals surface area contributed by atoms with Gasteiger partial charge in [-0.25, -0.2) is 4.79 Å². The zero-order valence-corrected chi connectivity index (χ0v) is 13.2. The summed E-state index contributed by atoms with van der Waals surface area (Å²) in [5.74, 6) is 0.861. The number of ether oxygens (including phenoxy) is 1. The summed E-state index contributed by atoms with van der Waals surface area (Å²) in [5.41, 5.74) is 0. The van der Waals surface area contributed by atoms with E-state index in [1.807, 2.05) is 64.8 Å². The zero-order valence-electron chi connectivity index (χ0n) is 12.1. The fourth-order valence-electron chi connectivity index (χ4n) is 2.22. The van der Waals surface area contributed by atoms with Gasteiger partial charge in [-0.15, -0.1) is 0 Å². The van der Waals surface area contributed by atoms with Crippen LogP contribution in [0.4, 0.5) is 0 Å². The fraction of sp³-hybridized carbons (Fsp3) is 0.312. The van der Waals surface area contributed by atoms with Crippen molar-refractivity contribution >= 4 is 5.97 Å². The van der Waals surface area contributed by atoms with Gasteiger partial charge in [0.15, 0.2) is 6.10 Å². The maximum Gasteiger partial charge on any atom is 2.00 e. The first-order chi connectivity index (χ1) is 9.72. The Labute approximate surface area is 139 Å². The van der Waals surface area contributed by atoms with Gasteiger partial charge in [-0.3, -0.25) is 4.84 Å². The second kappa shape index (κ2) is 9.83. The number of nitrogens with zero attached hydrogens (tertiary/aromatic N) is 1. The normalized spacial score (nSPS) is 29.6. The van der Waals surface area contributed by atoms with Crippen LogP contribution in [0.2, 0.25) is 0 Å². The molecule has 5 heteroatoms. The summed E-state index contributed by atoms with van der Waals surface area (Å²) >= 11 is 0. The van der Waals surface area contributed by atoms with Crippen molar-refractivity contribution < 1.29 is 31.4 Å². The Morgan fingerprint density at radius 3 is 2.14 bits per heavy atom. The molecule has 112 valence electrons. The molecule has 1 saturated heterocycles. The van der Waals surface area contributed by atoms with E-state index in [2.05, 4.69) is 4.74 Å². The Morgan fingerprint density at radius 1 is 1.14 bits per heavy atom. The second-order valence-corrected chi connectivity index (χ2v) is 4.60. The molecule has 2 aliphatic carbocycles. The van der Waals surface area contributed by atoms with E-state index in [0.29, 0.717) is 6.42 Å². The van der Waals surface area contributed by atoms with E-state index in [-0.39, 0.29) is 29.1 Å². The minimum absolute atomic E-state index is 0. The number of rotatable bonds is 2. The Balaban J connectivity index is 0.000000313. The SMILES string of the molecule is COC(=O)[C@@H]1C[C@@H]([C]2[CH][CH][CH][CH]2)N(C)O1.[CH]1[CH][CH][CH][CH]1.[Fe+2]. The summed E-state index contributed by atoms with van der Waals surface area (Å²) in [7, 11) is 3.21. The maximum atomic E-state index is 11.3. The molecule has 0 amide bonds. The fourth-order valence-corrected chi connectivity index (χ4v) is 2.22. The van der Waals surface area contributed by atoms with E-state index in [1.54, 1.807) is 5.06 Å². The standard InChI is InChI=1S/C11H14NO3.C5H5.Fe/c1-12-9(8-5-3-4-6-8)7-10(15-12)11(13)14-2;1-2-4-5-3-1;/h3-6,9-10H,7H2,1-2H3;1-5H;/q;;+2/t9-,10-;;/m0../s1. The van der Waals surface area contributed by atoms with Gasteiger partial charge < -0.3 is 4.74 Å². The van der Waals surface area contributed by atoms with E-state index >= 15 is 0 Å². The summed E-state index contributed by atoms with van der Waals surface area (Å²) < 4.78 is 4.66. The monoisotopic (exact) mass is 329 g/mol. The summed E-state index contributed by atoms with van der Waals surface area (Å²) in [4.78, 5) is 16.7. The second-order valence-electron chi connectivity index (χ2n) is 4.60. The molecule has 2 atom stereocenters. The van der Waals surface area contributed by atoms with E-state index in [9.17, 15) is 4.79 Å².